The first-order valence-corrected chi connectivity index (χ1v) is 13.5. The number of fused-ring (bicyclic) bond motifs is 8. The van der Waals surface area contributed by atoms with Crippen LogP contribution in [-0.2, 0) is 0 Å². The third kappa shape index (κ3) is 3.08. The van der Waals surface area contributed by atoms with E-state index in [1.54, 1.807) is 11.3 Å². The van der Waals surface area contributed by atoms with Crippen molar-refractivity contribution in [3.05, 3.63) is 108 Å². The number of hydrogen-bond acceptors (Lipinski definition) is 4. The van der Waals surface area contributed by atoms with Crippen molar-refractivity contribution in [1.82, 2.24) is 0 Å². The summed E-state index contributed by atoms with van der Waals surface area (Å²) in [5.74, 6) is 0.180. The van der Waals surface area contributed by atoms with Crippen molar-refractivity contribution in [2.75, 3.05) is 0 Å². The van der Waals surface area contributed by atoms with Crippen LogP contribution in [0.15, 0.2) is 108 Å². The molecule has 0 atom stereocenters. The lowest BCUT2D eigenvalue weighted by Gasteiger charge is -2.26. The highest BCUT2D eigenvalue weighted by atomic mass is 32.1. The second kappa shape index (κ2) is 8.23. The van der Waals surface area contributed by atoms with Gasteiger partial charge in [0.15, 0.2) is 0 Å². The summed E-state index contributed by atoms with van der Waals surface area (Å²) in [6.07, 6.45) is 0. The molecule has 36 heavy (non-hydrogen) atoms. The Morgan fingerprint density at radius 3 is 1.61 bits per heavy atom. The summed E-state index contributed by atoms with van der Waals surface area (Å²) in [7, 11) is 0. The summed E-state index contributed by atoms with van der Waals surface area (Å²) < 4.78 is 0. The molecule has 0 unspecified atom stereocenters. The number of rotatable bonds is 2. The van der Waals surface area contributed by atoms with E-state index in [2.05, 4.69) is 72.1 Å². The molecular formula is C32H20O2S2. The van der Waals surface area contributed by atoms with Crippen LogP contribution in [0.3, 0.4) is 0 Å². The van der Waals surface area contributed by atoms with Crippen LogP contribution in [0.5, 0.6) is 11.5 Å². The first-order chi connectivity index (χ1) is 17.7. The summed E-state index contributed by atoms with van der Waals surface area (Å²) in [6.45, 7) is 0. The summed E-state index contributed by atoms with van der Waals surface area (Å²) in [5, 5.41) is 27.1. The molecule has 172 valence electrons. The molecule has 0 aliphatic heterocycles. The quantitative estimate of drug-likeness (QED) is 0.248. The zero-order valence-electron chi connectivity index (χ0n) is 19.1. The van der Waals surface area contributed by atoms with Gasteiger partial charge in [0.05, 0.1) is 5.56 Å². The molecule has 2 heterocycles. The Kier molecular flexibility index (Phi) is 4.84. The van der Waals surface area contributed by atoms with Crippen LogP contribution < -0.4 is 0 Å². The predicted molar refractivity (Wildman–Crippen MR) is 152 cm³/mol. The molecule has 0 spiro atoms. The molecule has 2 aromatic heterocycles. The zero-order valence-corrected chi connectivity index (χ0v) is 20.7. The second-order valence-corrected chi connectivity index (χ2v) is 10.7. The SMILES string of the molecule is Oc1cc2c(c(O)c1-c1cccs1)-c1ccccc1-c1ccccc1-c1c(-c3cccs3)cccc1-2. The Hall–Kier alpha value is -4.12. The largest absolute Gasteiger partial charge is 0.507 e. The van der Waals surface area contributed by atoms with E-state index in [-0.39, 0.29) is 11.5 Å². The Labute approximate surface area is 217 Å². The van der Waals surface area contributed by atoms with Crippen molar-refractivity contribution in [3.8, 4) is 76.9 Å². The number of phenols is 2. The number of hydrogen-bond donors (Lipinski definition) is 2. The number of thiophene rings is 2. The van der Waals surface area contributed by atoms with Gasteiger partial charge in [-0.2, -0.15) is 0 Å². The highest BCUT2D eigenvalue weighted by molar-refractivity contribution is 7.13. The third-order valence-corrected chi connectivity index (χ3v) is 8.66. The molecule has 0 fully saturated rings. The summed E-state index contributed by atoms with van der Waals surface area (Å²) in [6, 6.07) is 32.9. The Balaban J connectivity index is 1.69. The van der Waals surface area contributed by atoms with Crippen molar-refractivity contribution in [3.63, 3.8) is 0 Å². The van der Waals surface area contributed by atoms with Crippen molar-refractivity contribution >= 4 is 22.7 Å². The monoisotopic (exact) mass is 500 g/mol. The Morgan fingerprint density at radius 2 is 0.972 bits per heavy atom. The molecular weight excluding hydrogens is 480 g/mol. The van der Waals surface area contributed by atoms with Gasteiger partial charge in [-0.1, -0.05) is 78.9 Å². The third-order valence-electron chi connectivity index (χ3n) is 6.87. The Bertz CT molecular complexity index is 1750. The van der Waals surface area contributed by atoms with Crippen molar-refractivity contribution in [2.45, 2.75) is 0 Å². The maximum absolute atomic E-state index is 11.8. The molecule has 6 aromatic rings. The minimum absolute atomic E-state index is 0.0764. The predicted octanol–water partition coefficient (Wildman–Crippen LogP) is 9.54. The van der Waals surface area contributed by atoms with Crippen molar-refractivity contribution in [1.29, 1.82) is 0 Å². The minimum Gasteiger partial charge on any atom is -0.507 e. The van der Waals surface area contributed by atoms with E-state index < -0.39 is 0 Å². The zero-order chi connectivity index (χ0) is 24.2. The molecule has 4 heteroatoms. The van der Waals surface area contributed by atoms with Crippen molar-refractivity contribution in [2.24, 2.45) is 0 Å². The summed E-state index contributed by atoms with van der Waals surface area (Å²) >= 11 is 3.21. The highest BCUT2D eigenvalue weighted by Gasteiger charge is 2.29. The van der Waals surface area contributed by atoms with E-state index in [0.717, 1.165) is 54.9 Å². The highest BCUT2D eigenvalue weighted by Crippen LogP contribution is 2.56. The van der Waals surface area contributed by atoms with E-state index in [1.165, 1.54) is 16.2 Å². The lowest BCUT2D eigenvalue weighted by molar-refractivity contribution is 0.456. The molecule has 4 aromatic carbocycles. The van der Waals surface area contributed by atoms with Gasteiger partial charge in [0.1, 0.15) is 11.5 Å². The fourth-order valence-electron chi connectivity index (χ4n) is 5.38. The van der Waals surface area contributed by atoms with Crippen LogP contribution in [0.4, 0.5) is 0 Å². The summed E-state index contributed by atoms with van der Waals surface area (Å²) in [4.78, 5) is 2.01. The maximum atomic E-state index is 11.8. The van der Waals surface area contributed by atoms with Crippen LogP contribution in [0.25, 0.3) is 65.4 Å². The molecule has 2 N–H and O–H groups in total. The molecule has 0 saturated heterocycles. The average Bonchev–Trinajstić information content (AvgIpc) is 3.63. The molecule has 0 amide bonds. The minimum atomic E-state index is 0.0764. The van der Waals surface area contributed by atoms with Gasteiger partial charge in [0, 0.05) is 20.9 Å². The van der Waals surface area contributed by atoms with Gasteiger partial charge >= 0.3 is 0 Å². The lowest BCUT2D eigenvalue weighted by atomic mass is 9.78. The molecule has 0 radical (unpaired) electrons. The van der Waals surface area contributed by atoms with Crippen LogP contribution in [0.2, 0.25) is 0 Å². The average molecular weight is 501 g/mol. The van der Waals surface area contributed by atoms with Crippen LogP contribution in [-0.4, -0.2) is 10.2 Å². The van der Waals surface area contributed by atoms with Gasteiger partial charge in [0.25, 0.3) is 0 Å². The van der Waals surface area contributed by atoms with Gasteiger partial charge in [-0.05, 0) is 67.9 Å². The van der Waals surface area contributed by atoms with E-state index in [1.807, 2.05) is 35.7 Å². The number of aromatic hydroxyl groups is 2. The van der Waals surface area contributed by atoms with Gasteiger partial charge < -0.3 is 10.2 Å². The van der Waals surface area contributed by atoms with Crippen LogP contribution in [0, 0.1) is 0 Å². The molecule has 2 nitrogen and oxygen atoms in total. The molecule has 1 aliphatic rings. The number of phenolic OH excluding ortho intramolecular Hbond substituents is 2. The normalized spacial score (nSPS) is 11.6. The lowest BCUT2D eigenvalue weighted by Crippen LogP contribution is -1.99. The first kappa shape index (κ1) is 21.2. The topological polar surface area (TPSA) is 40.5 Å². The van der Waals surface area contributed by atoms with Crippen LogP contribution in [0.1, 0.15) is 0 Å². The molecule has 7 rings (SSSR count). The van der Waals surface area contributed by atoms with Gasteiger partial charge in [-0.25, -0.2) is 0 Å². The van der Waals surface area contributed by atoms with Crippen LogP contribution >= 0.6 is 22.7 Å². The van der Waals surface area contributed by atoms with E-state index in [0.29, 0.717) is 5.56 Å². The van der Waals surface area contributed by atoms with E-state index in [9.17, 15) is 10.2 Å². The second-order valence-electron chi connectivity index (χ2n) is 8.82. The molecule has 1 aliphatic carbocycles. The van der Waals surface area contributed by atoms with Crippen molar-refractivity contribution < 1.29 is 10.2 Å². The van der Waals surface area contributed by atoms with E-state index in [4.69, 9.17) is 0 Å². The summed E-state index contributed by atoms with van der Waals surface area (Å²) in [5.41, 5.74) is 9.53. The molecule has 0 bridgehead atoms. The maximum Gasteiger partial charge on any atom is 0.136 e. The standard InChI is InChI=1S/C32H20O2S2/c33-26-18-25-23-12-5-13-24(27-14-6-16-35-27)29(23)21-10-3-1-8-19(21)20-9-2-4-11-22(20)30(25)32(34)31(26)28-15-7-17-36-28/h1-18,33-34H. The van der Waals surface area contributed by atoms with Gasteiger partial charge in [-0.15, -0.1) is 22.7 Å². The first-order valence-electron chi connectivity index (χ1n) is 11.7. The number of benzene rings is 4. The van der Waals surface area contributed by atoms with E-state index >= 15 is 0 Å². The fourth-order valence-corrected chi connectivity index (χ4v) is 6.92. The molecule has 0 saturated carbocycles. The Morgan fingerprint density at radius 1 is 0.417 bits per heavy atom. The van der Waals surface area contributed by atoms with Gasteiger partial charge in [-0.3, -0.25) is 0 Å². The van der Waals surface area contributed by atoms with Gasteiger partial charge in [0.2, 0.25) is 0 Å². The fraction of sp³-hybridized carbons (Fsp3) is 0. The smallest absolute Gasteiger partial charge is 0.136 e.